The van der Waals surface area contributed by atoms with E-state index in [1.54, 1.807) is 11.8 Å². The van der Waals surface area contributed by atoms with Crippen molar-refractivity contribution in [2.45, 2.75) is 26.7 Å². The fraction of sp³-hybridized carbons (Fsp3) is 0.467. The SMILES string of the molecule is CCOC(=O)CCN(CC)C(=O)Cc1ccccc1. The quantitative estimate of drug-likeness (QED) is 0.707. The lowest BCUT2D eigenvalue weighted by molar-refractivity contribution is -0.144. The molecule has 104 valence electrons. The number of likely N-dealkylation sites (N-methyl/N-ethyl adjacent to an activating group) is 1. The van der Waals surface area contributed by atoms with Gasteiger partial charge in [0.25, 0.3) is 0 Å². The molecular formula is C15H21NO3. The van der Waals surface area contributed by atoms with Crippen LogP contribution in [0.5, 0.6) is 0 Å². The van der Waals surface area contributed by atoms with E-state index in [1.165, 1.54) is 0 Å². The second-order valence-electron chi connectivity index (χ2n) is 4.19. The van der Waals surface area contributed by atoms with E-state index < -0.39 is 0 Å². The van der Waals surface area contributed by atoms with Gasteiger partial charge >= 0.3 is 5.97 Å². The zero-order valence-corrected chi connectivity index (χ0v) is 11.6. The highest BCUT2D eigenvalue weighted by atomic mass is 16.5. The van der Waals surface area contributed by atoms with Gasteiger partial charge in [0.15, 0.2) is 0 Å². The summed E-state index contributed by atoms with van der Waals surface area (Å²) in [6.45, 7) is 5.08. The van der Waals surface area contributed by atoms with E-state index in [4.69, 9.17) is 4.74 Å². The van der Waals surface area contributed by atoms with Crippen LogP contribution in [0.1, 0.15) is 25.8 Å². The molecule has 1 amide bonds. The average Bonchev–Trinajstić information content (AvgIpc) is 2.41. The number of hydrogen-bond donors (Lipinski definition) is 0. The topological polar surface area (TPSA) is 46.6 Å². The summed E-state index contributed by atoms with van der Waals surface area (Å²) < 4.78 is 4.86. The zero-order valence-electron chi connectivity index (χ0n) is 11.6. The van der Waals surface area contributed by atoms with Crippen LogP contribution in [0.4, 0.5) is 0 Å². The average molecular weight is 263 g/mol. The van der Waals surface area contributed by atoms with Crippen molar-refractivity contribution in [1.82, 2.24) is 4.90 Å². The summed E-state index contributed by atoms with van der Waals surface area (Å²) in [6.07, 6.45) is 0.625. The van der Waals surface area contributed by atoms with Gasteiger partial charge in [0.2, 0.25) is 5.91 Å². The third kappa shape index (κ3) is 5.55. The maximum atomic E-state index is 12.1. The Hall–Kier alpha value is -1.84. The first-order valence-corrected chi connectivity index (χ1v) is 6.64. The summed E-state index contributed by atoms with van der Waals surface area (Å²) in [5, 5.41) is 0. The summed E-state index contributed by atoms with van der Waals surface area (Å²) in [5.41, 5.74) is 0.988. The standard InChI is InChI=1S/C15H21NO3/c1-3-16(11-10-15(18)19-4-2)14(17)12-13-8-6-5-7-9-13/h5-9H,3-4,10-12H2,1-2H3. The lowest BCUT2D eigenvalue weighted by atomic mass is 10.1. The molecule has 0 N–H and O–H groups in total. The van der Waals surface area contributed by atoms with E-state index in [2.05, 4.69) is 0 Å². The number of esters is 1. The summed E-state index contributed by atoms with van der Waals surface area (Å²) in [5.74, 6) is -0.216. The normalized spacial score (nSPS) is 10.0. The highest BCUT2D eigenvalue weighted by Crippen LogP contribution is 2.04. The van der Waals surface area contributed by atoms with Crippen molar-refractivity contribution in [3.05, 3.63) is 35.9 Å². The Kier molecular flexibility index (Phi) is 6.64. The number of ether oxygens (including phenoxy) is 1. The van der Waals surface area contributed by atoms with Crippen LogP contribution in [0, 0.1) is 0 Å². The summed E-state index contributed by atoms with van der Waals surface area (Å²) in [7, 11) is 0. The molecule has 0 unspecified atom stereocenters. The van der Waals surface area contributed by atoms with Crippen LogP contribution >= 0.6 is 0 Å². The molecule has 0 aliphatic heterocycles. The number of carbonyl (C=O) groups is 2. The second-order valence-corrected chi connectivity index (χ2v) is 4.19. The number of hydrogen-bond acceptors (Lipinski definition) is 3. The molecule has 0 heterocycles. The Balaban J connectivity index is 2.46. The molecule has 0 radical (unpaired) electrons. The zero-order chi connectivity index (χ0) is 14.1. The van der Waals surface area contributed by atoms with Crippen molar-refractivity contribution in [1.29, 1.82) is 0 Å². The molecule has 0 fully saturated rings. The van der Waals surface area contributed by atoms with E-state index in [1.807, 2.05) is 37.3 Å². The largest absolute Gasteiger partial charge is 0.466 e. The highest BCUT2D eigenvalue weighted by molar-refractivity contribution is 5.79. The van der Waals surface area contributed by atoms with Crippen molar-refractivity contribution < 1.29 is 14.3 Å². The molecule has 0 bridgehead atoms. The van der Waals surface area contributed by atoms with Crippen LogP contribution in [0.15, 0.2) is 30.3 Å². The predicted octanol–water partition coefficient (Wildman–Crippen LogP) is 2.03. The van der Waals surface area contributed by atoms with Gasteiger partial charge in [0, 0.05) is 13.1 Å². The van der Waals surface area contributed by atoms with Crippen LogP contribution in [0.3, 0.4) is 0 Å². The van der Waals surface area contributed by atoms with E-state index >= 15 is 0 Å². The van der Waals surface area contributed by atoms with Gasteiger partial charge in [-0.15, -0.1) is 0 Å². The van der Waals surface area contributed by atoms with Crippen LogP contribution in [-0.4, -0.2) is 36.5 Å². The molecule has 0 saturated carbocycles. The van der Waals surface area contributed by atoms with Gasteiger partial charge in [-0.2, -0.15) is 0 Å². The molecule has 0 saturated heterocycles. The number of amides is 1. The van der Waals surface area contributed by atoms with Crippen molar-refractivity contribution in [3.8, 4) is 0 Å². The maximum Gasteiger partial charge on any atom is 0.307 e. The molecule has 0 spiro atoms. The Morgan fingerprint density at radius 1 is 1.16 bits per heavy atom. The number of carbonyl (C=O) groups excluding carboxylic acids is 2. The minimum absolute atomic E-state index is 0.0398. The molecule has 19 heavy (non-hydrogen) atoms. The third-order valence-electron chi connectivity index (χ3n) is 2.82. The van der Waals surface area contributed by atoms with Crippen LogP contribution < -0.4 is 0 Å². The Labute approximate surface area is 114 Å². The Morgan fingerprint density at radius 2 is 1.84 bits per heavy atom. The first-order valence-electron chi connectivity index (χ1n) is 6.64. The van der Waals surface area contributed by atoms with Crippen LogP contribution in [-0.2, 0) is 20.7 Å². The molecule has 1 aromatic rings. The summed E-state index contributed by atoms with van der Waals surface area (Å²) in [4.78, 5) is 25.1. The van der Waals surface area contributed by atoms with Gasteiger partial charge in [-0.3, -0.25) is 9.59 Å². The molecule has 4 heteroatoms. The number of nitrogens with zero attached hydrogens (tertiary/aromatic N) is 1. The molecular weight excluding hydrogens is 242 g/mol. The van der Waals surface area contributed by atoms with Gasteiger partial charge in [-0.1, -0.05) is 30.3 Å². The molecule has 0 aliphatic rings. The Morgan fingerprint density at radius 3 is 2.42 bits per heavy atom. The summed E-state index contributed by atoms with van der Waals surface area (Å²) in [6, 6.07) is 9.61. The van der Waals surface area contributed by atoms with Crippen molar-refractivity contribution in [2.24, 2.45) is 0 Å². The smallest absolute Gasteiger partial charge is 0.307 e. The van der Waals surface area contributed by atoms with E-state index in [0.717, 1.165) is 5.56 Å². The fourth-order valence-corrected chi connectivity index (χ4v) is 1.80. The minimum Gasteiger partial charge on any atom is -0.466 e. The summed E-state index contributed by atoms with van der Waals surface area (Å²) >= 11 is 0. The van der Waals surface area contributed by atoms with Crippen molar-refractivity contribution >= 4 is 11.9 Å². The first-order chi connectivity index (χ1) is 9.17. The molecule has 0 aliphatic carbocycles. The molecule has 1 rings (SSSR count). The second kappa shape index (κ2) is 8.29. The molecule has 1 aromatic carbocycles. The van der Waals surface area contributed by atoms with E-state index in [0.29, 0.717) is 26.1 Å². The number of rotatable bonds is 7. The lowest BCUT2D eigenvalue weighted by Crippen LogP contribution is -2.34. The molecule has 0 atom stereocenters. The fourth-order valence-electron chi connectivity index (χ4n) is 1.80. The van der Waals surface area contributed by atoms with Crippen LogP contribution in [0.2, 0.25) is 0 Å². The lowest BCUT2D eigenvalue weighted by Gasteiger charge is -2.20. The van der Waals surface area contributed by atoms with Gasteiger partial charge < -0.3 is 9.64 Å². The molecule has 4 nitrogen and oxygen atoms in total. The van der Waals surface area contributed by atoms with Gasteiger partial charge in [0.05, 0.1) is 19.4 Å². The third-order valence-corrected chi connectivity index (χ3v) is 2.82. The van der Waals surface area contributed by atoms with Crippen LogP contribution in [0.25, 0.3) is 0 Å². The van der Waals surface area contributed by atoms with Crippen molar-refractivity contribution in [3.63, 3.8) is 0 Å². The van der Waals surface area contributed by atoms with Crippen molar-refractivity contribution in [2.75, 3.05) is 19.7 Å². The predicted molar refractivity (Wildman–Crippen MR) is 73.7 cm³/mol. The Bertz CT molecular complexity index is 403. The number of benzene rings is 1. The van der Waals surface area contributed by atoms with Gasteiger partial charge in [-0.25, -0.2) is 0 Å². The van der Waals surface area contributed by atoms with E-state index in [-0.39, 0.29) is 18.3 Å². The minimum atomic E-state index is -0.256. The maximum absolute atomic E-state index is 12.1. The van der Waals surface area contributed by atoms with E-state index in [9.17, 15) is 9.59 Å². The van der Waals surface area contributed by atoms with Gasteiger partial charge in [0.1, 0.15) is 0 Å². The molecule has 0 aromatic heterocycles. The monoisotopic (exact) mass is 263 g/mol. The highest BCUT2D eigenvalue weighted by Gasteiger charge is 2.14. The first kappa shape index (κ1) is 15.2. The van der Waals surface area contributed by atoms with Gasteiger partial charge in [-0.05, 0) is 19.4 Å².